The maximum absolute atomic E-state index is 12.0. The van der Waals surface area contributed by atoms with E-state index in [2.05, 4.69) is 28.2 Å². The van der Waals surface area contributed by atoms with Crippen LogP contribution < -0.4 is 15.8 Å². The Bertz CT molecular complexity index is 469. The number of unbranched alkanes of at least 4 members (excludes halogenated alkanes) is 1. The second-order valence-electron chi connectivity index (χ2n) is 4.44. The molecule has 0 aromatic heterocycles. The lowest BCUT2D eigenvalue weighted by molar-refractivity contribution is -0.117. The number of hydrogen-bond donors (Lipinski definition) is 2. The lowest BCUT2D eigenvalue weighted by atomic mass is 10.1. The highest BCUT2D eigenvalue weighted by atomic mass is 79.9. The molecule has 0 bridgehead atoms. The molecule has 20 heavy (non-hydrogen) atoms. The van der Waals surface area contributed by atoms with Crippen molar-refractivity contribution in [2.45, 2.75) is 39.2 Å². The Labute approximate surface area is 133 Å². The number of rotatable bonds is 7. The first kappa shape index (κ1) is 17.3. The minimum Gasteiger partial charge on any atom is -0.491 e. The van der Waals surface area contributed by atoms with Gasteiger partial charge in [-0.3, -0.25) is 4.79 Å². The van der Waals surface area contributed by atoms with Gasteiger partial charge in [0.05, 0.1) is 22.8 Å². The van der Waals surface area contributed by atoms with Gasteiger partial charge in [0.15, 0.2) is 5.75 Å². The molecule has 0 aliphatic rings. The molecule has 6 heteroatoms. The third-order valence-corrected chi connectivity index (χ3v) is 3.57. The van der Waals surface area contributed by atoms with E-state index in [1.165, 1.54) is 0 Å². The number of hydrogen-bond acceptors (Lipinski definition) is 3. The Balaban J connectivity index is 2.87. The van der Waals surface area contributed by atoms with Crippen LogP contribution in [0.25, 0.3) is 0 Å². The van der Waals surface area contributed by atoms with E-state index in [9.17, 15) is 4.79 Å². The van der Waals surface area contributed by atoms with Gasteiger partial charge in [-0.2, -0.15) is 0 Å². The smallest absolute Gasteiger partial charge is 0.241 e. The standard InChI is InChI=1S/C14H20BrClN2O2/c1-3-5-6-11(17)14(19)18-12-8-9(16)7-10(15)13(12)20-4-2/h7-8,11H,3-6,17H2,1-2H3,(H,18,19)/t11-/m0/s1. The molecule has 1 aromatic carbocycles. The zero-order valence-corrected chi connectivity index (χ0v) is 14.1. The molecule has 0 spiro atoms. The molecule has 0 unspecified atom stereocenters. The quantitative estimate of drug-likeness (QED) is 0.770. The van der Waals surface area contributed by atoms with E-state index in [-0.39, 0.29) is 5.91 Å². The predicted octanol–water partition coefficient (Wildman–Crippen LogP) is 3.96. The summed E-state index contributed by atoms with van der Waals surface area (Å²) in [6.07, 6.45) is 2.59. The SMILES string of the molecule is CCCC[C@H](N)C(=O)Nc1cc(Cl)cc(Br)c1OCC. The molecule has 1 atom stereocenters. The van der Waals surface area contributed by atoms with Gasteiger partial charge in [0.2, 0.25) is 5.91 Å². The number of nitrogens with one attached hydrogen (secondary N) is 1. The van der Waals surface area contributed by atoms with Crippen LogP contribution in [0.2, 0.25) is 5.02 Å². The number of benzene rings is 1. The third kappa shape index (κ3) is 4.96. The largest absolute Gasteiger partial charge is 0.491 e. The van der Waals surface area contributed by atoms with E-state index in [1.807, 2.05) is 6.92 Å². The first-order valence-electron chi connectivity index (χ1n) is 6.67. The fraction of sp³-hybridized carbons (Fsp3) is 0.500. The lowest BCUT2D eigenvalue weighted by Crippen LogP contribution is -2.35. The van der Waals surface area contributed by atoms with Gasteiger partial charge in [-0.25, -0.2) is 0 Å². The summed E-state index contributed by atoms with van der Waals surface area (Å²) in [5.74, 6) is 0.335. The van der Waals surface area contributed by atoms with Crippen molar-refractivity contribution >= 4 is 39.1 Å². The summed E-state index contributed by atoms with van der Waals surface area (Å²) in [5, 5.41) is 3.29. The monoisotopic (exact) mass is 362 g/mol. The van der Waals surface area contributed by atoms with Gasteiger partial charge in [-0.1, -0.05) is 31.4 Å². The summed E-state index contributed by atoms with van der Waals surface area (Å²) >= 11 is 9.38. The summed E-state index contributed by atoms with van der Waals surface area (Å²) in [7, 11) is 0. The molecular weight excluding hydrogens is 344 g/mol. The van der Waals surface area contributed by atoms with Crippen molar-refractivity contribution in [1.29, 1.82) is 0 Å². The summed E-state index contributed by atoms with van der Waals surface area (Å²) in [5.41, 5.74) is 6.38. The third-order valence-electron chi connectivity index (χ3n) is 2.76. The zero-order valence-electron chi connectivity index (χ0n) is 11.7. The van der Waals surface area contributed by atoms with Gasteiger partial charge < -0.3 is 15.8 Å². The molecule has 4 nitrogen and oxygen atoms in total. The van der Waals surface area contributed by atoms with Crippen molar-refractivity contribution in [1.82, 2.24) is 0 Å². The van der Waals surface area contributed by atoms with Crippen LogP contribution in [0, 0.1) is 0 Å². The van der Waals surface area contributed by atoms with E-state index in [4.69, 9.17) is 22.1 Å². The molecule has 1 amide bonds. The van der Waals surface area contributed by atoms with Crippen LogP contribution in [0.5, 0.6) is 5.75 Å². The topological polar surface area (TPSA) is 64.4 Å². The van der Waals surface area contributed by atoms with E-state index in [0.29, 0.717) is 34.0 Å². The van der Waals surface area contributed by atoms with Gasteiger partial charge in [0, 0.05) is 5.02 Å². The highest BCUT2D eigenvalue weighted by Gasteiger charge is 2.17. The maximum Gasteiger partial charge on any atom is 0.241 e. The van der Waals surface area contributed by atoms with Gasteiger partial charge in [0.25, 0.3) is 0 Å². The number of carbonyl (C=O) groups excluding carboxylic acids is 1. The zero-order chi connectivity index (χ0) is 15.1. The summed E-state index contributed by atoms with van der Waals surface area (Å²) in [6.45, 7) is 4.43. The van der Waals surface area contributed by atoms with Crippen molar-refractivity contribution in [3.63, 3.8) is 0 Å². The van der Waals surface area contributed by atoms with Crippen LogP contribution in [0.15, 0.2) is 16.6 Å². The number of halogens is 2. The van der Waals surface area contributed by atoms with Gasteiger partial charge in [0.1, 0.15) is 0 Å². The van der Waals surface area contributed by atoms with Crippen LogP contribution in [0.4, 0.5) is 5.69 Å². The maximum atomic E-state index is 12.0. The fourth-order valence-electron chi connectivity index (χ4n) is 1.72. The molecule has 0 fully saturated rings. The van der Waals surface area contributed by atoms with Crippen molar-refractivity contribution in [3.8, 4) is 5.75 Å². The average Bonchev–Trinajstić information content (AvgIpc) is 2.39. The fourth-order valence-corrected chi connectivity index (χ4v) is 2.65. The normalized spacial score (nSPS) is 12.1. The summed E-state index contributed by atoms with van der Waals surface area (Å²) in [6, 6.07) is 2.85. The van der Waals surface area contributed by atoms with Gasteiger partial charge in [-0.05, 0) is 41.4 Å². The molecule has 0 aliphatic carbocycles. The molecular formula is C14H20BrClN2O2. The first-order chi connectivity index (χ1) is 9.49. The second-order valence-corrected chi connectivity index (χ2v) is 5.73. The summed E-state index contributed by atoms with van der Waals surface area (Å²) in [4.78, 5) is 12.0. The van der Waals surface area contributed by atoms with Crippen molar-refractivity contribution in [3.05, 3.63) is 21.6 Å². The van der Waals surface area contributed by atoms with Crippen LogP contribution in [-0.4, -0.2) is 18.6 Å². The van der Waals surface area contributed by atoms with Crippen LogP contribution in [0.3, 0.4) is 0 Å². The van der Waals surface area contributed by atoms with Gasteiger partial charge in [-0.15, -0.1) is 0 Å². The molecule has 0 aliphatic heterocycles. The Morgan fingerprint density at radius 1 is 1.50 bits per heavy atom. The predicted molar refractivity (Wildman–Crippen MR) is 86.5 cm³/mol. The highest BCUT2D eigenvalue weighted by molar-refractivity contribution is 9.10. The molecule has 1 rings (SSSR count). The molecule has 1 aromatic rings. The minimum absolute atomic E-state index is 0.228. The van der Waals surface area contributed by atoms with E-state index in [1.54, 1.807) is 12.1 Å². The highest BCUT2D eigenvalue weighted by Crippen LogP contribution is 2.36. The Hall–Kier alpha value is -0.780. The molecule has 112 valence electrons. The average molecular weight is 364 g/mol. The minimum atomic E-state index is -0.526. The summed E-state index contributed by atoms with van der Waals surface area (Å²) < 4.78 is 6.22. The second kappa shape index (κ2) is 8.49. The number of ether oxygens (including phenoxy) is 1. The van der Waals surface area contributed by atoms with Crippen LogP contribution in [0.1, 0.15) is 33.1 Å². The number of carbonyl (C=O) groups is 1. The Morgan fingerprint density at radius 3 is 2.80 bits per heavy atom. The van der Waals surface area contributed by atoms with Crippen molar-refractivity contribution in [2.24, 2.45) is 5.73 Å². The number of anilines is 1. The molecule has 0 heterocycles. The van der Waals surface area contributed by atoms with Crippen LogP contribution in [-0.2, 0) is 4.79 Å². The molecule has 0 saturated carbocycles. The Morgan fingerprint density at radius 2 is 2.20 bits per heavy atom. The van der Waals surface area contributed by atoms with Crippen LogP contribution >= 0.6 is 27.5 Å². The molecule has 0 radical (unpaired) electrons. The van der Waals surface area contributed by atoms with Gasteiger partial charge >= 0.3 is 0 Å². The van der Waals surface area contributed by atoms with Crippen molar-refractivity contribution < 1.29 is 9.53 Å². The van der Waals surface area contributed by atoms with Crippen molar-refractivity contribution in [2.75, 3.05) is 11.9 Å². The Kier molecular flexibility index (Phi) is 7.34. The van der Waals surface area contributed by atoms with E-state index < -0.39 is 6.04 Å². The number of amides is 1. The molecule has 3 N–H and O–H groups in total. The molecule has 0 saturated heterocycles. The van der Waals surface area contributed by atoms with E-state index in [0.717, 1.165) is 12.8 Å². The first-order valence-corrected chi connectivity index (χ1v) is 7.85. The number of nitrogens with two attached hydrogens (primary N) is 1. The lowest BCUT2D eigenvalue weighted by Gasteiger charge is -2.16. The van der Waals surface area contributed by atoms with E-state index >= 15 is 0 Å².